The van der Waals surface area contributed by atoms with Gasteiger partial charge in [0.2, 0.25) is 5.91 Å². The molecule has 2 heterocycles. The predicted molar refractivity (Wildman–Crippen MR) is 99.1 cm³/mol. The molecule has 1 aromatic carbocycles. The molecule has 6 heteroatoms. The van der Waals surface area contributed by atoms with Gasteiger partial charge in [0.1, 0.15) is 0 Å². The van der Waals surface area contributed by atoms with Gasteiger partial charge in [-0.2, -0.15) is 0 Å². The van der Waals surface area contributed by atoms with Crippen molar-refractivity contribution in [3.05, 3.63) is 35.5 Å². The quantitative estimate of drug-likeness (QED) is 0.693. The Morgan fingerprint density at radius 1 is 1.42 bits per heavy atom. The summed E-state index contributed by atoms with van der Waals surface area (Å²) < 4.78 is 0. The number of thiocarbonyl (C=S) groups is 1. The minimum Gasteiger partial charge on any atom is -0.361 e. The molecule has 0 radical (unpaired) electrons. The second kappa shape index (κ2) is 5.86. The first-order chi connectivity index (χ1) is 11.5. The van der Waals surface area contributed by atoms with Crippen molar-refractivity contribution in [2.45, 2.75) is 37.8 Å². The first-order valence-electron chi connectivity index (χ1n) is 8.40. The number of hydrogen-bond donors (Lipinski definition) is 3. The van der Waals surface area contributed by atoms with E-state index in [1.165, 1.54) is 29.0 Å². The highest BCUT2D eigenvalue weighted by Gasteiger charge is 2.39. The Balaban J connectivity index is 1.61. The molecular formula is C18H22N4OS. The highest BCUT2D eigenvalue weighted by atomic mass is 32.1. The zero-order chi connectivity index (χ0) is 16.8. The highest BCUT2D eigenvalue weighted by molar-refractivity contribution is 7.80. The largest absolute Gasteiger partial charge is 0.361 e. The minimum absolute atomic E-state index is 0.131. The lowest BCUT2D eigenvalue weighted by Crippen LogP contribution is -2.56. The molecule has 2 aliphatic rings. The lowest BCUT2D eigenvalue weighted by molar-refractivity contribution is -0.117. The van der Waals surface area contributed by atoms with Crippen molar-refractivity contribution >= 4 is 34.1 Å². The number of benzene rings is 1. The van der Waals surface area contributed by atoms with Gasteiger partial charge in [-0.05, 0) is 49.3 Å². The van der Waals surface area contributed by atoms with Crippen LogP contribution in [0.4, 0.5) is 0 Å². The van der Waals surface area contributed by atoms with Gasteiger partial charge in [0.15, 0.2) is 5.11 Å². The van der Waals surface area contributed by atoms with E-state index in [-0.39, 0.29) is 11.9 Å². The molecule has 126 valence electrons. The van der Waals surface area contributed by atoms with Crippen LogP contribution in [0, 0.1) is 0 Å². The normalized spacial score (nSPS) is 26.0. The molecule has 3 atom stereocenters. The van der Waals surface area contributed by atoms with Crippen LogP contribution in [0.2, 0.25) is 0 Å². The SMILES string of the molecule is CC(=O)NC(=S)N[C@@H]1C[C@@H]2c3cccc4[nH]cc(c34)C[C@H]2N(C)C1. The summed E-state index contributed by atoms with van der Waals surface area (Å²) in [5.41, 5.74) is 4.09. The number of hydrogen-bond acceptors (Lipinski definition) is 3. The van der Waals surface area contributed by atoms with Gasteiger partial charge >= 0.3 is 0 Å². The Kier molecular flexibility index (Phi) is 3.81. The number of aromatic nitrogens is 1. The Labute approximate surface area is 146 Å². The summed E-state index contributed by atoms with van der Waals surface area (Å²) in [7, 11) is 2.19. The van der Waals surface area contributed by atoms with E-state index < -0.39 is 0 Å². The van der Waals surface area contributed by atoms with E-state index in [0.717, 1.165) is 19.4 Å². The molecule has 2 aromatic rings. The average molecular weight is 342 g/mol. The number of likely N-dealkylation sites (N-methyl/N-ethyl adjacent to an activating group) is 1. The van der Waals surface area contributed by atoms with Crippen molar-refractivity contribution in [2.75, 3.05) is 13.6 Å². The Hall–Kier alpha value is -1.92. The molecule has 0 unspecified atom stereocenters. The molecule has 0 saturated carbocycles. The van der Waals surface area contributed by atoms with Crippen LogP contribution in [0.3, 0.4) is 0 Å². The number of amides is 1. The van der Waals surface area contributed by atoms with Gasteiger partial charge in [0.05, 0.1) is 0 Å². The van der Waals surface area contributed by atoms with Gasteiger partial charge in [-0.15, -0.1) is 0 Å². The standard InChI is InChI=1S/C18H22N4OS/c1-10(23)20-18(24)21-12-7-14-13-4-3-5-15-17(13)11(8-19-15)6-16(14)22(2)9-12/h3-5,8,12,14,16,19H,6-7,9H2,1-2H3,(H2,20,21,23,24)/t12-,14-,16-/m1/s1. The fraction of sp³-hybridized carbons (Fsp3) is 0.444. The third-order valence-corrected chi connectivity index (χ3v) is 5.57. The van der Waals surface area contributed by atoms with Gasteiger partial charge in [0.25, 0.3) is 0 Å². The second-order valence-corrected chi connectivity index (χ2v) is 7.40. The molecule has 1 aliphatic carbocycles. The molecule has 3 N–H and O–H groups in total. The molecule has 1 aliphatic heterocycles. The van der Waals surface area contributed by atoms with Crippen molar-refractivity contribution in [1.82, 2.24) is 20.5 Å². The van der Waals surface area contributed by atoms with Crippen molar-refractivity contribution in [2.24, 2.45) is 0 Å². The molecule has 0 spiro atoms. The monoisotopic (exact) mass is 342 g/mol. The van der Waals surface area contributed by atoms with Crippen molar-refractivity contribution < 1.29 is 4.79 Å². The van der Waals surface area contributed by atoms with Crippen LogP contribution >= 0.6 is 12.2 Å². The molecule has 1 amide bonds. The molecule has 5 nitrogen and oxygen atoms in total. The van der Waals surface area contributed by atoms with Crippen molar-refractivity contribution in [3.63, 3.8) is 0 Å². The number of carbonyl (C=O) groups is 1. The Morgan fingerprint density at radius 3 is 3.04 bits per heavy atom. The minimum atomic E-state index is -0.131. The summed E-state index contributed by atoms with van der Waals surface area (Å²) >= 11 is 5.24. The van der Waals surface area contributed by atoms with Crippen LogP contribution in [-0.2, 0) is 11.2 Å². The fourth-order valence-corrected chi connectivity index (χ4v) is 4.74. The number of nitrogens with one attached hydrogen (secondary N) is 3. The lowest BCUT2D eigenvalue weighted by atomic mass is 9.74. The number of likely N-dealkylation sites (tertiary alicyclic amines) is 1. The van der Waals surface area contributed by atoms with Gasteiger partial charge < -0.3 is 20.5 Å². The third-order valence-electron chi connectivity index (χ3n) is 5.35. The molecule has 1 saturated heterocycles. The highest BCUT2D eigenvalue weighted by Crippen LogP contribution is 2.42. The van der Waals surface area contributed by atoms with Crippen LogP contribution in [0.5, 0.6) is 0 Å². The average Bonchev–Trinajstić information content (AvgIpc) is 2.92. The number of piperidine rings is 1. The van der Waals surface area contributed by atoms with Gasteiger partial charge in [0, 0.05) is 48.6 Å². The maximum Gasteiger partial charge on any atom is 0.222 e. The number of H-pyrrole nitrogens is 1. The fourth-order valence-electron chi connectivity index (χ4n) is 4.43. The zero-order valence-corrected chi connectivity index (χ0v) is 14.7. The summed E-state index contributed by atoms with van der Waals surface area (Å²) in [5.74, 6) is 0.349. The van der Waals surface area contributed by atoms with E-state index in [9.17, 15) is 4.79 Å². The predicted octanol–water partition coefficient (Wildman–Crippen LogP) is 1.89. The smallest absolute Gasteiger partial charge is 0.222 e. The molecular weight excluding hydrogens is 320 g/mol. The summed E-state index contributed by atoms with van der Waals surface area (Å²) in [6.45, 7) is 2.41. The van der Waals surface area contributed by atoms with E-state index in [2.05, 4.69) is 52.0 Å². The van der Waals surface area contributed by atoms with Crippen LogP contribution in [0.25, 0.3) is 10.9 Å². The Bertz CT molecular complexity index is 814. The maximum absolute atomic E-state index is 11.2. The third kappa shape index (κ3) is 2.59. The molecule has 1 fully saturated rings. The number of carbonyl (C=O) groups excluding carboxylic acids is 1. The number of fused-ring (bicyclic) bond motifs is 2. The number of aromatic amines is 1. The Morgan fingerprint density at radius 2 is 2.25 bits per heavy atom. The second-order valence-electron chi connectivity index (χ2n) is 6.99. The summed E-state index contributed by atoms with van der Waals surface area (Å²) in [4.78, 5) is 17.0. The lowest BCUT2D eigenvalue weighted by Gasteiger charge is -2.45. The topological polar surface area (TPSA) is 60.2 Å². The molecule has 0 bridgehead atoms. The maximum atomic E-state index is 11.2. The van der Waals surface area contributed by atoms with Crippen LogP contribution in [0.15, 0.2) is 24.4 Å². The van der Waals surface area contributed by atoms with E-state index in [4.69, 9.17) is 12.2 Å². The number of rotatable bonds is 1. The number of nitrogens with zero attached hydrogens (tertiary/aromatic N) is 1. The summed E-state index contributed by atoms with van der Waals surface area (Å²) in [6.07, 6.45) is 4.27. The first kappa shape index (κ1) is 15.6. The molecule has 24 heavy (non-hydrogen) atoms. The van der Waals surface area contributed by atoms with Crippen molar-refractivity contribution in [3.8, 4) is 0 Å². The summed E-state index contributed by atoms with van der Waals surface area (Å²) in [6, 6.07) is 7.31. The van der Waals surface area contributed by atoms with E-state index >= 15 is 0 Å². The zero-order valence-electron chi connectivity index (χ0n) is 13.9. The van der Waals surface area contributed by atoms with Crippen LogP contribution in [0.1, 0.15) is 30.4 Å². The van der Waals surface area contributed by atoms with Crippen LogP contribution in [-0.4, -0.2) is 46.6 Å². The molecule has 4 rings (SSSR count). The van der Waals surface area contributed by atoms with E-state index in [1.54, 1.807) is 0 Å². The van der Waals surface area contributed by atoms with E-state index in [1.807, 2.05) is 0 Å². The van der Waals surface area contributed by atoms with Crippen molar-refractivity contribution in [1.29, 1.82) is 0 Å². The van der Waals surface area contributed by atoms with E-state index in [0.29, 0.717) is 17.1 Å². The van der Waals surface area contributed by atoms with Crippen LogP contribution < -0.4 is 10.6 Å². The first-order valence-corrected chi connectivity index (χ1v) is 8.81. The van der Waals surface area contributed by atoms with Gasteiger partial charge in [-0.3, -0.25) is 4.79 Å². The summed E-state index contributed by atoms with van der Waals surface area (Å²) in [5, 5.41) is 7.81. The molecule has 1 aromatic heterocycles. The van der Waals surface area contributed by atoms with Gasteiger partial charge in [-0.25, -0.2) is 0 Å². The van der Waals surface area contributed by atoms with Gasteiger partial charge in [-0.1, -0.05) is 12.1 Å².